The third-order valence-electron chi connectivity index (χ3n) is 1.24. The molecule has 0 spiro atoms. The van der Waals surface area contributed by atoms with Gasteiger partial charge in [0.25, 0.3) is 0 Å². The summed E-state index contributed by atoms with van der Waals surface area (Å²) in [5.74, 6) is 0. The quantitative estimate of drug-likeness (QED) is 0.719. The maximum atomic E-state index is 12.0. The molecule has 0 radical (unpaired) electrons. The van der Waals surface area contributed by atoms with Gasteiger partial charge in [0.1, 0.15) is 0 Å². The van der Waals surface area contributed by atoms with Gasteiger partial charge in [0.05, 0.1) is 5.56 Å². The molecule has 0 fully saturated rings. The van der Waals surface area contributed by atoms with Crippen molar-refractivity contribution in [3.63, 3.8) is 0 Å². The minimum Gasteiger partial charge on any atom is -0.301 e. The summed E-state index contributed by atoms with van der Waals surface area (Å²) in [6, 6.07) is 1.27. The Morgan fingerprint density at radius 3 is 2.54 bits per heavy atom. The summed E-state index contributed by atoms with van der Waals surface area (Å²) in [7, 11) is 0. The van der Waals surface area contributed by atoms with Gasteiger partial charge < -0.3 is 4.55 Å². The van der Waals surface area contributed by atoms with Gasteiger partial charge in [-0.2, -0.15) is 13.2 Å². The molecule has 0 aromatic carbocycles. The van der Waals surface area contributed by atoms with E-state index in [9.17, 15) is 17.4 Å². The highest BCUT2D eigenvalue weighted by atomic mass is 32.2. The Kier molecular flexibility index (Phi) is 2.67. The molecule has 0 aliphatic rings. The summed E-state index contributed by atoms with van der Waals surface area (Å²) in [5.41, 5.74) is -0.986. The standard InChI is InChI=1S/C6H4F3NO2S/c7-6(8,9)4-1-2-10-5(3-4)13(11)12/h1-3H,(H,11,12). The number of alkyl halides is 3. The van der Waals surface area contributed by atoms with Gasteiger partial charge in [0.15, 0.2) is 5.03 Å². The van der Waals surface area contributed by atoms with Crippen LogP contribution in [0.4, 0.5) is 13.2 Å². The second kappa shape index (κ2) is 3.43. The molecule has 0 aliphatic carbocycles. The molecule has 1 N–H and O–H groups in total. The molecule has 1 unspecified atom stereocenters. The number of rotatable bonds is 1. The van der Waals surface area contributed by atoms with Crippen LogP contribution >= 0.6 is 0 Å². The fraction of sp³-hybridized carbons (Fsp3) is 0.167. The third-order valence-corrected chi connectivity index (χ3v) is 1.82. The van der Waals surface area contributed by atoms with Crippen LogP contribution in [0.3, 0.4) is 0 Å². The van der Waals surface area contributed by atoms with Gasteiger partial charge in [0, 0.05) is 6.20 Å². The number of aromatic nitrogens is 1. The zero-order chi connectivity index (χ0) is 10.1. The molecule has 0 bridgehead atoms. The van der Waals surface area contributed by atoms with E-state index in [-0.39, 0.29) is 0 Å². The van der Waals surface area contributed by atoms with Crippen molar-refractivity contribution in [3.05, 3.63) is 23.9 Å². The van der Waals surface area contributed by atoms with Gasteiger partial charge in [0.2, 0.25) is 11.1 Å². The summed E-state index contributed by atoms with van der Waals surface area (Å²) in [5, 5.41) is -0.505. The Labute approximate surface area is 73.9 Å². The van der Waals surface area contributed by atoms with E-state index in [1.807, 2.05) is 0 Å². The van der Waals surface area contributed by atoms with Crippen molar-refractivity contribution < 1.29 is 21.9 Å². The summed E-state index contributed by atoms with van der Waals surface area (Å²) >= 11 is -2.49. The van der Waals surface area contributed by atoms with E-state index in [0.717, 1.165) is 12.3 Å². The fourth-order valence-corrected chi connectivity index (χ4v) is 1.06. The van der Waals surface area contributed by atoms with E-state index in [4.69, 9.17) is 4.55 Å². The van der Waals surface area contributed by atoms with E-state index >= 15 is 0 Å². The molecule has 1 atom stereocenters. The topological polar surface area (TPSA) is 50.2 Å². The Morgan fingerprint density at radius 2 is 2.08 bits per heavy atom. The third kappa shape index (κ3) is 2.49. The van der Waals surface area contributed by atoms with Gasteiger partial charge in [-0.25, -0.2) is 9.19 Å². The van der Waals surface area contributed by atoms with E-state index < -0.39 is 27.8 Å². The lowest BCUT2D eigenvalue weighted by atomic mass is 10.3. The van der Waals surface area contributed by atoms with Crippen molar-refractivity contribution in [2.75, 3.05) is 0 Å². The van der Waals surface area contributed by atoms with Crippen molar-refractivity contribution in [2.45, 2.75) is 11.2 Å². The Bertz CT molecular complexity index is 339. The maximum Gasteiger partial charge on any atom is 0.416 e. The maximum absolute atomic E-state index is 12.0. The first kappa shape index (κ1) is 10.1. The first-order valence-electron chi connectivity index (χ1n) is 3.05. The molecule has 72 valence electrons. The van der Waals surface area contributed by atoms with Crippen LogP contribution in [0.25, 0.3) is 0 Å². The minimum atomic E-state index is -4.52. The average molecular weight is 211 g/mol. The zero-order valence-electron chi connectivity index (χ0n) is 6.08. The molecule has 7 heteroatoms. The molecule has 1 rings (SSSR count). The van der Waals surface area contributed by atoms with Crippen LogP contribution in [0.15, 0.2) is 23.4 Å². The van der Waals surface area contributed by atoms with Crippen LogP contribution < -0.4 is 0 Å². The SMILES string of the molecule is O=S(O)c1cc(C(F)(F)F)ccn1. The largest absolute Gasteiger partial charge is 0.416 e. The van der Waals surface area contributed by atoms with Crippen LogP contribution in [-0.2, 0) is 17.3 Å². The molecule has 0 aliphatic heterocycles. The van der Waals surface area contributed by atoms with Crippen LogP contribution in [0.5, 0.6) is 0 Å². The number of hydrogen-bond acceptors (Lipinski definition) is 2. The lowest BCUT2D eigenvalue weighted by molar-refractivity contribution is -0.137. The van der Waals surface area contributed by atoms with Crippen LogP contribution in [-0.4, -0.2) is 13.7 Å². The number of nitrogens with zero attached hydrogens (tertiary/aromatic N) is 1. The Morgan fingerprint density at radius 1 is 1.46 bits per heavy atom. The number of pyridine rings is 1. The van der Waals surface area contributed by atoms with Crippen LogP contribution in [0, 0.1) is 0 Å². The lowest BCUT2D eigenvalue weighted by Gasteiger charge is -2.05. The zero-order valence-corrected chi connectivity index (χ0v) is 6.89. The number of halogens is 3. The summed E-state index contributed by atoms with van der Waals surface area (Å²) in [6.07, 6.45) is -3.68. The first-order valence-corrected chi connectivity index (χ1v) is 4.16. The highest BCUT2D eigenvalue weighted by Crippen LogP contribution is 2.29. The van der Waals surface area contributed by atoms with Crippen LogP contribution in [0.2, 0.25) is 0 Å². The summed E-state index contributed by atoms with van der Waals surface area (Å²) < 4.78 is 54.9. The van der Waals surface area contributed by atoms with Crippen molar-refractivity contribution in [1.82, 2.24) is 4.98 Å². The molecular weight excluding hydrogens is 207 g/mol. The molecule has 3 nitrogen and oxygen atoms in total. The van der Waals surface area contributed by atoms with E-state index in [0.29, 0.717) is 6.07 Å². The van der Waals surface area contributed by atoms with Crippen LogP contribution in [0.1, 0.15) is 5.56 Å². The smallest absolute Gasteiger partial charge is 0.301 e. The highest BCUT2D eigenvalue weighted by Gasteiger charge is 2.31. The van der Waals surface area contributed by atoms with Crippen molar-refractivity contribution >= 4 is 11.1 Å². The molecule has 13 heavy (non-hydrogen) atoms. The molecule has 0 saturated heterocycles. The predicted molar refractivity (Wildman–Crippen MR) is 38.3 cm³/mol. The van der Waals surface area contributed by atoms with E-state index in [2.05, 4.69) is 4.98 Å². The Balaban J connectivity index is 3.13. The number of hydrogen-bond donors (Lipinski definition) is 1. The van der Waals surface area contributed by atoms with Gasteiger partial charge in [-0.15, -0.1) is 0 Å². The van der Waals surface area contributed by atoms with Gasteiger partial charge in [-0.3, -0.25) is 0 Å². The molecule has 1 aromatic heterocycles. The molecular formula is C6H4F3NO2S. The van der Waals surface area contributed by atoms with E-state index in [1.165, 1.54) is 0 Å². The predicted octanol–water partition coefficient (Wildman–Crippen LogP) is 1.68. The normalized spacial score (nSPS) is 14.2. The molecule has 0 saturated carbocycles. The fourth-order valence-electron chi connectivity index (χ4n) is 0.681. The van der Waals surface area contributed by atoms with Gasteiger partial charge >= 0.3 is 6.18 Å². The Hall–Kier alpha value is -0.950. The monoisotopic (exact) mass is 211 g/mol. The summed E-state index contributed by atoms with van der Waals surface area (Å²) in [4.78, 5) is 3.30. The lowest BCUT2D eigenvalue weighted by Crippen LogP contribution is -2.06. The highest BCUT2D eigenvalue weighted by molar-refractivity contribution is 7.79. The second-order valence-corrected chi connectivity index (χ2v) is 3.05. The van der Waals surface area contributed by atoms with Crippen molar-refractivity contribution in [1.29, 1.82) is 0 Å². The molecule has 1 aromatic rings. The molecule has 0 amide bonds. The first-order chi connectivity index (χ1) is 5.91. The van der Waals surface area contributed by atoms with Gasteiger partial charge in [-0.1, -0.05) is 0 Å². The van der Waals surface area contributed by atoms with Crippen molar-refractivity contribution in [3.8, 4) is 0 Å². The second-order valence-electron chi connectivity index (χ2n) is 2.13. The minimum absolute atomic E-state index is 0.505. The van der Waals surface area contributed by atoms with Gasteiger partial charge in [-0.05, 0) is 12.1 Å². The average Bonchev–Trinajstić information content (AvgIpc) is 2.03. The van der Waals surface area contributed by atoms with Crippen molar-refractivity contribution in [2.24, 2.45) is 0 Å². The summed E-state index contributed by atoms with van der Waals surface area (Å²) in [6.45, 7) is 0. The molecule has 1 heterocycles. The van der Waals surface area contributed by atoms with E-state index in [1.54, 1.807) is 0 Å².